The highest BCUT2D eigenvalue weighted by molar-refractivity contribution is 6.23. The first kappa shape index (κ1) is 19.4. The number of fused-ring (bicyclic) bond motifs is 9. The second-order valence-electron chi connectivity index (χ2n) is 9.11. The Morgan fingerprint density at radius 3 is 1.22 bits per heavy atom. The molecule has 0 spiro atoms. The van der Waals surface area contributed by atoms with Gasteiger partial charge in [0.15, 0.2) is 0 Å². The van der Waals surface area contributed by atoms with Gasteiger partial charge < -0.3 is 9.13 Å². The van der Waals surface area contributed by atoms with Gasteiger partial charge in [-0.25, -0.2) is 0 Å². The van der Waals surface area contributed by atoms with Crippen molar-refractivity contribution >= 4 is 54.6 Å². The molecule has 0 aliphatic rings. The molecule has 4 heteroatoms. The smallest absolute Gasteiger partial charge is 0.0970 e. The molecule has 0 unspecified atom stereocenters. The zero-order valence-corrected chi connectivity index (χ0v) is 19.3. The van der Waals surface area contributed by atoms with Crippen LogP contribution in [0.15, 0.2) is 122 Å². The van der Waals surface area contributed by atoms with Gasteiger partial charge in [0.05, 0.1) is 33.1 Å². The van der Waals surface area contributed by atoms with Gasteiger partial charge in [-0.05, 0) is 36.4 Å². The van der Waals surface area contributed by atoms with E-state index in [1.165, 1.54) is 0 Å². The van der Waals surface area contributed by atoms with Gasteiger partial charge in [-0.2, -0.15) is 0 Å². The van der Waals surface area contributed by atoms with Gasteiger partial charge in [0.25, 0.3) is 0 Å². The Hall–Kier alpha value is -4.96. The van der Waals surface area contributed by atoms with E-state index in [4.69, 9.17) is 9.97 Å². The summed E-state index contributed by atoms with van der Waals surface area (Å²) in [5.41, 5.74) is 8.66. The normalized spacial score (nSPS) is 11.9. The van der Waals surface area contributed by atoms with E-state index in [1.807, 2.05) is 12.4 Å². The van der Waals surface area contributed by atoms with E-state index in [0.717, 1.165) is 66.0 Å². The van der Waals surface area contributed by atoms with Crippen molar-refractivity contribution in [2.45, 2.75) is 0 Å². The lowest BCUT2D eigenvalue weighted by molar-refractivity contribution is 1.17. The molecular formula is C32H20N4. The van der Waals surface area contributed by atoms with Crippen LogP contribution in [0.4, 0.5) is 0 Å². The van der Waals surface area contributed by atoms with Crippen LogP contribution in [-0.2, 0) is 0 Å². The van der Waals surface area contributed by atoms with E-state index >= 15 is 0 Å². The van der Waals surface area contributed by atoms with Crippen LogP contribution in [0.3, 0.4) is 0 Å². The molecule has 0 radical (unpaired) electrons. The molecule has 0 bridgehead atoms. The minimum Gasteiger partial charge on any atom is -0.307 e. The predicted molar refractivity (Wildman–Crippen MR) is 148 cm³/mol. The zero-order chi connectivity index (χ0) is 23.6. The maximum atomic E-state index is 5.08. The van der Waals surface area contributed by atoms with Crippen LogP contribution in [0.25, 0.3) is 66.0 Å². The highest BCUT2D eigenvalue weighted by Crippen LogP contribution is 2.39. The molecule has 8 rings (SSSR count). The fraction of sp³-hybridized carbons (Fsp3) is 0. The van der Waals surface area contributed by atoms with Crippen molar-refractivity contribution in [1.29, 1.82) is 0 Å². The average molecular weight is 461 g/mol. The molecule has 0 amide bonds. The van der Waals surface area contributed by atoms with Crippen LogP contribution in [0.5, 0.6) is 0 Å². The number of benzene rings is 4. The van der Waals surface area contributed by atoms with Crippen LogP contribution in [0, 0.1) is 0 Å². The number of hydrogen-bond donors (Lipinski definition) is 0. The molecule has 4 aromatic carbocycles. The van der Waals surface area contributed by atoms with Crippen LogP contribution in [0.2, 0.25) is 0 Å². The Balaban J connectivity index is 1.62. The van der Waals surface area contributed by atoms with Gasteiger partial charge in [-0.3, -0.25) is 9.97 Å². The third-order valence-electron chi connectivity index (χ3n) is 7.17. The molecule has 0 atom stereocenters. The van der Waals surface area contributed by atoms with Crippen molar-refractivity contribution in [2.75, 3.05) is 0 Å². The number of aromatic nitrogens is 4. The SMILES string of the molecule is c1ccc(-n2c3ccccc3c3ncc4c(cnc5c6ccccc6n(-c6ccccc6)c45)c32)cc1. The Bertz CT molecular complexity index is 1930. The third-order valence-corrected chi connectivity index (χ3v) is 7.17. The lowest BCUT2D eigenvalue weighted by Gasteiger charge is -2.11. The van der Waals surface area contributed by atoms with Crippen LogP contribution >= 0.6 is 0 Å². The summed E-state index contributed by atoms with van der Waals surface area (Å²) < 4.78 is 4.64. The zero-order valence-electron chi connectivity index (χ0n) is 19.3. The highest BCUT2D eigenvalue weighted by atomic mass is 15.0. The highest BCUT2D eigenvalue weighted by Gasteiger charge is 2.20. The van der Waals surface area contributed by atoms with Crippen molar-refractivity contribution in [3.05, 3.63) is 122 Å². The summed E-state index contributed by atoms with van der Waals surface area (Å²) in [4.78, 5) is 10.2. The van der Waals surface area contributed by atoms with E-state index in [-0.39, 0.29) is 0 Å². The lowest BCUT2D eigenvalue weighted by Crippen LogP contribution is -1.97. The minimum atomic E-state index is 0.991. The molecule has 0 saturated carbocycles. The minimum absolute atomic E-state index is 0.991. The summed E-state index contributed by atoms with van der Waals surface area (Å²) in [6.07, 6.45) is 4.06. The number of nitrogens with zero attached hydrogens (tertiary/aromatic N) is 4. The monoisotopic (exact) mass is 460 g/mol. The quantitative estimate of drug-likeness (QED) is 0.264. The molecule has 168 valence electrons. The maximum absolute atomic E-state index is 5.08. The molecule has 0 fully saturated rings. The molecule has 8 aromatic rings. The first-order chi connectivity index (χ1) is 17.9. The largest absolute Gasteiger partial charge is 0.307 e. The Kier molecular flexibility index (Phi) is 3.91. The fourth-order valence-electron chi connectivity index (χ4n) is 5.67. The van der Waals surface area contributed by atoms with Crippen LogP contribution in [-0.4, -0.2) is 19.1 Å². The predicted octanol–water partition coefficient (Wildman–Crippen LogP) is 7.82. The first-order valence-electron chi connectivity index (χ1n) is 12.1. The van der Waals surface area contributed by atoms with E-state index in [1.54, 1.807) is 0 Å². The van der Waals surface area contributed by atoms with Gasteiger partial charge in [0.2, 0.25) is 0 Å². The molecule has 4 heterocycles. The summed E-state index contributed by atoms with van der Waals surface area (Å²) in [6.45, 7) is 0. The second-order valence-corrected chi connectivity index (χ2v) is 9.11. The molecular weight excluding hydrogens is 440 g/mol. The van der Waals surface area contributed by atoms with Crippen molar-refractivity contribution in [1.82, 2.24) is 19.1 Å². The molecule has 0 saturated heterocycles. The topological polar surface area (TPSA) is 35.6 Å². The van der Waals surface area contributed by atoms with Crippen molar-refractivity contribution in [2.24, 2.45) is 0 Å². The second kappa shape index (κ2) is 7.27. The van der Waals surface area contributed by atoms with Gasteiger partial charge in [0, 0.05) is 45.3 Å². The standard InChI is InChI=1S/C32H20N4/c1-3-11-21(12-4-1)35-27-17-9-7-15-23(27)29-31(35)25-19-34-30-24-16-8-10-18-28(24)36(22-13-5-2-6-14-22)32(30)26(25)20-33-29/h1-20H. The molecule has 0 aliphatic heterocycles. The summed E-state index contributed by atoms with van der Waals surface area (Å²) in [6, 6.07) is 38.0. The van der Waals surface area contributed by atoms with Gasteiger partial charge in [-0.15, -0.1) is 0 Å². The summed E-state index contributed by atoms with van der Waals surface area (Å²) >= 11 is 0. The molecule has 0 N–H and O–H groups in total. The summed E-state index contributed by atoms with van der Waals surface area (Å²) in [5.74, 6) is 0. The summed E-state index contributed by atoms with van der Waals surface area (Å²) in [7, 11) is 0. The first-order valence-corrected chi connectivity index (χ1v) is 12.1. The average Bonchev–Trinajstić information content (AvgIpc) is 3.47. The van der Waals surface area contributed by atoms with Crippen LogP contribution in [0.1, 0.15) is 0 Å². The van der Waals surface area contributed by atoms with Crippen molar-refractivity contribution in [3.63, 3.8) is 0 Å². The van der Waals surface area contributed by atoms with E-state index in [0.29, 0.717) is 0 Å². The van der Waals surface area contributed by atoms with Crippen LogP contribution < -0.4 is 0 Å². The lowest BCUT2D eigenvalue weighted by atomic mass is 10.1. The Morgan fingerprint density at radius 2 is 0.778 bits per heavy atom. The van der Waals surface area contributed by atoms with Gasteiger partial charge in [-0.1, -0.05) is 72.8 Å². The van der Waals surface area contributed by atoms with Crippen molar-refractivity contribution in [3.8, 4) is 11.4 Å². The molecule has 4 aromatic heterocycles. The number of rotatable bonds is 2. The molecule has 0 aliphatic carbocycles. The van der Waals surface area contributed by atoms with E-state index < -0.39 is 0 Å². The number of pyridine rings is 2. The Labute approximate surface area is 206 Å². The Morgan fingerprint density at radius 1 is 0.389 bits per heavy atom. The molecule has 36 heavy (non-hydrogen) atoms. The molecule has 4 nitrogen and oxygen atoms in total. The van der Waals surface area contributed by atoms with Gasteiger partial charge >= 0.3 is 0 Å². The number of para-hydroxylation sites is 4. The third kappa shape index (κ3) is 2.53. The number of hydrogen-bond acceptors (Lipinski definition) is 2. The fourth-order valence-corrected chi connectivity index (χ4v) is 5.67. The van der Waals surface area contributed by atoms with Crippen molar-refractivity contribution < 1.29 is 0 Å². The van der Waals surface area contributed by atoms with E-state index in [2.05, 4.69) is 118 Å². The summed E-state index contributed by atoms with van der Waals surface area (Å²) in [5, 5.41) is 4.46. The van der Waals surface area contributed by atoms with E-state index in [9.17, 15) is 0 Å². The maximum Gasteiger partial charge on any atom is 0.0970 e. The van der Waals surface area contributed by atoms with Gasteiger partial charge in [0.1, 0.15) is 0 Å².